The van der Waals surface area contributed by atoms with E-state index in [9.17, 15) is 4.79 Å². The van der Waals surface area contributed by atoms with Gasteiger partial charge in [-0.15, -0.1) is 4.99 Å². The number of carbonyl (C=O) groups is 1. The summed E-state index contributed by atoms with van der Waals surface area (Å²) in [5.41, 5.74) is 0.513. The lowest BCUT2D eigenvalue weighted by Crippen LogP contribution is -2.12. The molecule has 86 valence electrons. The average Bonchev–Trinajstić information content (AvgIpc) is 2.31. The van der Waals surface area contributed by atoms with Gasteiger partial charge in [-0.05, 0) is 26.0 Å². The summed E-state index contributed by atoms with van der Waals surface area (Å²) < 4.78 is 10.2. The number of carbonyl (C=O) groups excluding carboxylic acids is 1. The Kier molecular flexibility index (Phi) is 5.05. The molecule has 4 nitrogen and oxygen atoms in total. The van der Waals surface area contributed by atoms with Crippen molar-refractivity contribution in [3.8, 4) is 0 Å². The SMILES string of the molecule is CCOC(=NC(=O)c1ccccc1)OCC. The molecule has 0 spiro atoms. The van der Waals surface area contributed by atoms with Crippen LogP contribution in [0.4, 0.5) is 0 Å². The summed E-state index contributed by atoms with van der Waals surface area (Å²) in [7, 11) is 0. The van der Waals surface area contributed by atoms with Crippen molar-refractivity contribution in [3.63, 3.8) is 0 Å². The molecule has 16 heavy (non-hydrogen) atoms. The van der Waals surface area contributed by atoms with Crippen LogP contribution in [0.2, 0.25) is 0 Å². The lowest BCUT2D eigenvalue weighted by molar-refractivity contribution is 0.0985. The summed E-state index contributed by atoms with van der Waals surface area (Å²) in [5.74, 6) is -0.363. The van der Waals surface area contributed by atoms with Crippen molar-refractivity contribution in [2.45, 2.75) is 13.8 Å². The Labute approximate surface area is 94.9 Å². The fraction of sp³-hybridized carbons (Fsp3) is 0.333. The van der Waals surface area contributed by atoms with Gasteiger partial charge in [-0.3, -0.25) is 4.79 Å². The summed E-state index contributed by atoms with van der Waals surface area (Å²) in [5, 5.41) is 0. The fourth-order valence-corrected chi connectivity index (χ4v) is 1.08. The molecule has 0 aliphatic heterocycles. The summed E-state index contributed by atoms with van der Waals surface area (Å²) in [6, 6.07) is 8.79. The van der Waals surface area contributed by atoms with Crippen molar-refractivity contribution in [3.05, 3.63) is 35.9 Å². The van der Waals surface area contributed by atoms with Gasteiger partial charge in [0.25, 0.3) is 5.91 Å². The van der Waals surface area contributed by atoms with Gasteiger partial charge in [-0.25, -0.2) is 0 Å². The van der Waals surface area contributed by atoms with Gasteiger partial charge < -0.3 is 9.47 Å². The number of amides is 1. The van der Waals surface area contributed by atoms with E-state index >= 15 is 0 Å². The zero-order chi connectivity index (χ0) is 11.8. The molecule has 0 fully saturated rings. The number of rotatable bonds is 3. The molecule has 1 amide bonds. The van der Waals surface area contributed by atoms with E-state index in [1.807, 2.05) is 19.9 Å². The maximum atomic E-state index is 11.7. The smallest absolute Gasteiger partial charge is 0.391 e. The average molecular weight is 221 g/mol. The van der Waals surface area contributed by atoms with E-state index in [2.05, 4.69) is 4.99 Å². The number of nitrogens with zero attached hydrogens (tertiary/aromatic N) is 1. The third-order valence-electron chi connectivity index (χ3n) is 1.75. The molecule has 0 aromatic heterocycles. The van der Waals surface area contributed by atoms with Crippen molar-refractivity contribution in [2.24, 2.45) is 4.99 Å². The second-order valence-corrected chi connectivity index (χ2v) is 2.91. The van der Waals surface area contributed by atoms with Crippen molar-refractivity contribution < 1.29 is 14.3 Å². The van der Waals surface area contributed by atoms with E-state index in [1.165, 1.54) is 0 Å². The molecule has 0 bridgehead atoms. The molecule has 0 N–H and O–H groups in total. The molecule has 0 saturated heterocycles. The van der Waals surface area contributed by atoms with Crippen LogP contribution in [0.5, 0.6) is 0 Å². The van der Waals surface area contributed by atoms with Crippen molar-refractivity contribution in [1.29, 1.82) is 0 Å². The van der Waals surface area contributed by atoms with Crippen LogP contribution in [0.1, 0.15) is 24.2 Å². The van der Waals surface area contributed by atoms with Gasteiger partial charge in [-0.2, -0.15) is 0 Å². The Hall–Kier alpha value is -1.84. The van der Waals surface area contributed by atoms with Gasteiger partial charge in [0.1, 0.15) is 0 Å². The summed E-state index contributed by atoms with van der Waals surface area (Å²) in [4.78, 5) is 15.4. The molecule has 0 unspecified atom stereocenters. The van der Waals surface area contributed by atoms with Crippen LogP contribution >= 0.6 is 0 Å². The molecule has 0 radical (unpaired) electrons. The van der Waals surface area contributed by atoms with Gasteiger partial charge >= 0.3 is 6.08 Å². The lowest BCUT2D eigenvalue weighted by Gasteiger charge is -2.06. The number of ether oxygens (including phenoxy) is 2. The molecule has 0 aliphatic rings. The Morgan fingerprint density at radius 1 is 1.12 bits per heavy atom. The number of hydrogen-bond acceptors (Lipinski definition) is 3. The highest BCUT2D eigenvalue weighted by atomic mass is 16.7. The van der Waals surface area contributed by atoms with Crippen molar-refractivity contribution in [2.75, 3.05) is 13.2 Å². The highest BCUT2D eigenvalue weighted by Crippen LogP contribution is 2.01. The zero-order valence-corrected chi connectivity index (χ0v) is 9.47. The second kappa shape index (κ2) is 6.61. The highest BCUT2D eigenvalue weighted by Gasteiger charge is 2.07. The van der Waals surface area contributed by atoms with Crippen molar-refractivity contribution >= 4 is 12.0 Å². The highest BCUT2D eigenvalue weighted by molar-refractivity contribution is 6.00. The molecular weight excluding hydrogens is 206 g/mol. The van der Waals surface area contributed by atoms with E-state index < -0.39 is 0 Å². The third-order valence-corrected chi connectivity index (χ3v) is 1.75. The molecule has 0 atom stereocenters. The second-order valence-electron chi connectivity index (χ2n) is 2.91. The zero-order valence-electron chi connectivity index (χ0n) is 9.47. The summed E-state index contributed by atoms with van der Waals surface area (Å²) in [6.45, 7) is 4.45. The monoisotopic (exact) mass is 221 g/mol. The van der Waals surface area contributed by atoms with Gasteiger partial charge in [-0.1, -0.05) is 18.2 Å². The minimum atomic E-state index is -0.363. The quantitative estimate of drug-likeness (QED) is 0.581. The summed E-state index contributed by atoms with van der Waals surface area (Å²) in [6.07, 6.45) is 0.0267. The van der Waals surface area contributed by atoms with Crippen LogP contribution in [-0.4, -0.2) is 25.2 Å². The first kappa shape index (κ1) is 12.2. The number of benzene rings is 1. The van der Waals surface area contributed by atoms with E-state index in [0.29, 0.717) is 18.8 Å². The number of aliphatic imine (C=N–C) groups is 1. The normalized spacial score (nSPS) is 9.38. The standard InChI is InChI=1S/C12H15NO3/c1-3-15-12(16-4-2)13-11(14)10-8-6-5-7-9-10/h5-9H,3-4H2,1-2H3. The first-order valence-electron chi connectivity index (χ1n) is 5.21. The maximum Gasteiger partial charge on any atom is 0.391 e. The minimum Gasteiger partial charge on any atom is -0.451 e. The van der Waals surface area contributed by atoms with Gasteiger partial charge in [0.05, 0.1) is 13.2 Å². The van der Waals surface area contributed by atoms with E-state index in [0.717, 1.165) is 0 Å². The Bertz CT molecular complexity index is 352. The minimum absolute atomic E-state index is 0.0267. The molecule has 1 rings (SSSR count). The molecule has 1 aromatic carbocycles. The van der Waals surface area contributed by atoms with E-state index in [-0.39, 0.29) is 12.0 Å². The Morgan fingerprint density at radius 3 is 2.19 bits per heavy atom. The van der Waals surface area contributed by atoms with Crippen LogP contribution < -0.4 is 0 Å². The Balaban J connectivity index is 2.76. The molecule has 0 aliphatic carbocycles. The maximum absolute atomic E-state index is 11.7. The van der Waals surface area contributed by atoms with Crippen LogP contribution in [0.15, 0.2) is 35.3 Å². The predicted octanol–water partition coefficient (Wildman–Crippen LogP) is 2.26. The first-order valence-corrected chi connectivity index (χ1v) is 5.21. The molecule has 0 saturated carbocycles. The van der Waals surface area contributed by atoms with E-state index in [4.69, 9.17) is 9.47 Å². The van der Waals surface area contributed by atoms with E-state index in [1.54, 1.807) is 24.3 Å². The van der Waals surface area contributed by atoms with Crippen LogP contribution in [-0.2, 0) is 9.47 Å². The number of hydrogen-bond donors (Lipinski definition) is 0. The fourth-order valence-electron chi connectivity index (χ4n) is 1.08. The molecule has 0 heterocycles. The van der Waals surface area contributed by atoms with Gasteiger partial charge in [0.15, 0.2) is 0 Å². The van der Waals surface area contributed by atoms with Gasteiger partial charge in [0, 0.05) is 5.56 Å². The summed E-state index contributed by atoms with van der Waals surface area (Å²) >= 11 is 0. The lowest BCUT2D eigenvalue weighted by atomic mass is 10.2. The molecule has 1 aromatic rings. The van der Waals surface area contributed by atoms with Crippen LogP contribution in [0.3, 0.4) is 0 Å². The molecular formula is C12H15NO3. The first-order chi connectivity index (χ1) is 7.77. The third kappa shape index (κ3) is 3.73. The predicted molar refractivity (Wildman–Crippen MR) is 61.5 cm³/mol. The largest absolute Gasteiger partial charge is 0.451 e. The molecule has 4 heteroatoms. The topological polar surface area (TPSA) is 47.9 Å². The van der Waals surface area contributed by atoms with Crippen LogP contribution in [0, 0.1) is 0 Å². The van der Waals surface area contributed by atoms with Gasteiger partial charge in [0.2, 0.25) is 0 Å². The van der Waals surface area contributed by atoms with Crippen molar-refractivity contribution in [1.82, 2.24) is 0 Å². The van der Waals surface area contributed by atoms with Crippen LogP contribution in [0.25, 0.3) is 0 Å². The Morgan fingerprint density at radius 2 is 1.69 bits per heavy atom.